The Hall–Kier alpha value is -3.35. The molecule has 7 nitrogen and oxygen atoms in total. The maximum absolute atomic E-state index is 12.1. The number of fused-ring (bicyclic) bond motifs is 1. The van der Waals surface area contributed by atoms with Crippen molar-refractivity contribution in [1.29, 1.82) is 0 Å². The van der Waals surface area contributed by atoms with Crippen molar-refractivity contribution in [2.45, 2.75) is 6.54 Å². The standard InChI is InChI=1S/C17H15N3O4/c1-24-11-4-5-14-12(7-11)13(15(20-14)17(22)23)9-19-16(21)10-3-2-6-18-8-10/h2-8,20H,9H2,1H3,(H,19,21)(H,22,23). The average molecular weight is 325 g/mol. The number of aromatic amines is 1. The predicted molar refractivity (Wildman–Crippen MR) is 87.2 cm³/mol. The fourth-order valence-electron chi connectivity index (χ4n) is 2.49. The highest BCUT2D eigenvalue weighted by Crippen LogP contribution is 2.26. The van der Waals surface area contributed by atoms with Gasteiger partial charge in [0.05, 0.1) is 12.7 Å². The number of pyridine rings is 1. The fraction of sp³-hybridized carbons (Fsp3) is 0.118. The van der Waals surface area contributed by atoms with Crippen molar-refractivity contribution in [3.05, 3.63) is 59.5 Å². The van der Waals surface area contributed by atoms with Gasteiger partial charge in [-0.25, -0.2) is 4.79 Å². The van der Waals surface area contributed by atoms with Gasteiger partial charge in [-0.05, 0) is 30.3 Å². The molecular weight excluding hydrogens is 310 g/mol. The van der Waals surface area contributed by atoms with Crippen LogP contribution in [0.5, 0.6) is 5.75 Å². The molecule has 3 N–H and O–H groups in total. The summed E-state index contributed by atoms with van der Waals surface area (Å²) in [6, 6.07) is 8.52. The minimum Gasteiger partial charge on any atom is -0.497 e. The van der Waals surface area contributed by atoms with E-state index in [0.29, 0.717) is 27.8 Å². The van der Waals surface area contributed by atoms with Crippen LogP contribution in [0, 0.1) is 0 Å². The zero-order valence-corrected chi connectivity index (χ0v) is 12.9. The number of hydrogen-bond acceptors (Lipinski definition) is 4. The molecule has 0 fully saturated rings. The molecule has 0 saturated carbocycles. The number of nitrogens with zero attached hydrogens (tertiary/aromatic N) is 1. The van der Waals surface area contributed by atoms with Crippen LogP contribution in [-0.2, 0) is 6.54 Å². The van der Waals surface area contributed by atoms with Crippen LogP contribution < -0.4 is 10.1 Å². The van der Waals surface area contributed by atoms with Crippen LogP contribution in [0.25, 0.3) is 10.9 Å². The molecule has 1 aromatic carbocycles. The van der Waals surface area contributed by atoms with E-state index in [9.17, 15) is 14.7 Å². The van der Waals surface area contributed by atoms with Gasteiger partial charge in [0.2, 0.25) is 0 Å². The number of amides is 1. The molecule has 0 bridgehead atoms. The monoisotopic (exact) mass is 325 g/mol. The van der Waals surface area contributed by atoms with Gasteiger partial charge >= 0.3 is 5.97 Å². The molecule has 7 heteroatoms. The zero-order valence-electron chi connectivity index (χ0n) is 12.9. The maximum atomic E-state index is 12.1. The molecule has 0 saturated heterocycles. The molecule has 0 spiro atoms. The molecule has 3 rings (SSSR count). The quantitative estimate of drug-likeness (QED) is 0.667. The van der Waals surface area contributed by atoms with Gasteiger partial charge < -0.3 is 20.1 Å². The molecule has 0 atom stereocenters. The Kier molecular flexibility index (Phi) is 4.15. The number of carbonyl (C=O) groups excluding carboxylic acids is 1. The summed E-state index contributed by atoms with van der Waals surface area (Å²) in [6.45, 7) is 0.0720. The van der Waals surface area contributed by atoms with Gasteiger partial charge in [-0.3, -0.25) is 9.78 Å². The molecule has 3 aromatic rings. The van der Waals surface area contributed by atoms with Crippen molar-refractivity contribution >= 4 is 22.8 Å². The third-order valence-corrected chi connectivity index (χ3v) is 3.68. The summed E-state index contributed by atoms with van der Waals surface area (Å²) in [6.07, 6.45) is 3.02. The number of aromatic carboxylic acids is 1. The SMILES string of the molecule is COc1ccc2[nH]c(C(=O)O)c(CNC(=O)c3cccnc3)c2c1. The highest BCUT2D eigenvalue weighted by atomic mass is 16.5. The first-order chi connectivity index (χ1) is 11.6. The van der Waals surface area contributed by atoms with Gasteiger partial charge in [0, 0.05) is 35.4 Å². The number of ether oxygens (including phenoxy) is 1. The second-order valence-corrected chi connectivity index (χ2v) is 5.12. The zero-order chi connectivity index (χ0) is 17.1. The Morgan fingerprint density at radius 3 is 2.83 bits per heavy atom. The van der Waals surface area contributed by atoms with E-state index in [2.05, 4.69) is 15.3 Å². The van der Waals surface area contributed by atoms with E-state index in [1.165, 1.54) is 13.3 Å². The molecule has 0 radical (unpaired) electrons. The lowest BCUT2D eigenvalue weighted by Crippen LogP contribution is -2.23. The Bertz CT molecular complexity index is 903. The normalized spacial score (nSPS) is 10.5. The summed E-state index contributed by atoms with van der Waals surface area (Å²) in [7, 11) is 1.54. The Labute approximate surface area is 137 Å². The van der Waals surface area contributed by atoms with E-state index in [-0.39, 0.29) is 18.1 Å². The Balaban J connectivity index is 1.93. The summed E-state index contributed by atoms with van der Waals surface area (Å²) in [5.41, 5.74) is 1.61. The number of carbonyl (C=O) groups is 2. The van der Waals surface area contributed by atoms with Crippen LogP contribution in [0.3, 0.4) is 0 Å². The molecular formula is C17H15N3O4. The molecule has 122 valence electrons. The van der Waals surface area contributed by atoms with Crippen LogP contribution in [0.15, 0.2) is 42.7 Å². The first-order valence-electron chi connectivity index (χ1n) is 7.20. The van der Waals surface area contributed by atoms with Crippen LogP contribution >= 0.6 is 0 Å². The highest BCUT2D eigenvalue weighted by molar-refractivity contribution is 5.99. The summed E-state index contributed by atoms with van der Waals surface area (Å²) in [5, 5.41) is 12.8. The van der Waals surface area contributed by atoms with E-state index in [1.807, 2.05) is 0 Å². The molecule has 24 heavy (non-hydrogen) atoms. The smallest absolute Gasteiger partial charge is 0.352 e. The Morgan fingerprint density at radius 1 is 1.33 bits per heavy atom. The molecule has 2 heterocycles. The van der Waals surface area contributed by atoms with Crippen molar-refractivity contribution in [3.8, 4) is 5.75 Å². The number of hydrogen-bond donors (Lipinski definition) is 3. The number of rotatable bonds is 5. The molecule has 0 unspecified atom stereocenters. The summed E-state index contributed by atoms with van der Waals surface area (Å²) < 4.78 is 5.19. The lowest BCUT2D eigenvalue weighted by molar-refractivity contribution is 0.0689. The second-order valence-electron chi connectivity index (χ2n) is 5.12. The van der Waals surface area contributed by atoms with E-state index in [4.69, 9.17) is 4.74 Å². The van der Waals surface area contributed by atoms with Gasteiger partial charge in [-0.2, -0.15) is 0 Å². The van der Waals surface area contributed by atoms with Gasteiger partial charge in [0.15, 0.2) is 0 Å². The van der Waals surface area contributed by atoms with E-state index >= 15 is 0 Å². The topological polar surface area (TPSA) is 104 Å². The highest BCUT2D eigenvalue weighted by Gasteiger charge is 2.18. The van der Waals surface area contributed by atoms with Gasteiger partial charge in [0.25, 0.3) is 5.91 Å². The number of nitrogens with one attached hydrogen (secondary N) is 2. The maximum Gasteiger partial charge on any atom is 0.352 e. The van der Waals surface area contributed by atoms with E-state index in [1.54, 1.807) is 36.5 Å². The predicted octanol–water partition coefficient (Wildman–Crippen LogP) is 2.20. The van der Waals surface area contributed by atoms with Crippen LogP contribution in [-0.4, -0.2) is 34.1 Å². The Morgan fingerprint density at radius 2 is 2.17 bits per heavy atom. The fourth-order valence-corrected chi connectivity index (χ4v) is 2.49. The molecule has 2 aromatic heterocycles. The second kappa shape index (κ2) is 6.41. The first kappa shape index (κ1) is 15.5. The van der Waals surface area contributed by atoms with Crippen molar-refractivity contribution in [2.75, 3.05) is 7.11 Å². The minimum atomic E-state index is -1.09. The lowest BCUT2D eigenvalue weighted by atomic mass is 10.1. The van der Waals surface area contributed by atoms with Gasteiger partial charge in [0.1, 0.15) is 11.4 Å². The number of methoxy groups -OCH3 is 1. The van der Waals surface area contributed by atoms with E-state index in [0.717, 1.165) is 0 Å². The summed E-state index contributed by atoms with van der Waals surface area (Å²) in [5.74, 6) is -0.800. The van der Waals surface area contributed by atoms with Crippen molar-refractivity contribution in [1.82, 2.24) is 15.3 Å². The van der Waals surface area contributed by atoms with Crippen LogP contribution in [0.1, 0.15) is 26.4 Å². The molecule has 0 aliphatic rings. The molecule has 1 amide bonds. The third-order valence-electron chi connectivity index (χ3n) is 3.68. The van der Waals surface area contributed by atoms with Gasteiger partial charge in [-0.15, -0.1) is 0 Å². The number of carboxylic acids is 1. The molecule has 0 aliphatic carbocycles. The minimum absolute atomic E-state index is 0.0461. The van der Waals surface area contributed by atoms with Crippen LogP contribution in [0.4, 0.5) is 0 Å². The first-order valence-corrected chi connectivity index (χ1v) is 7.20. The lowest BCUT2D eigenvalue weighted by Gasteiger charge is -2.06. The number of benzene rings is 1. The summed E-state index contributed by atoms with van der Waals surface area (Å²) >= 11 is 0. The van der Waals surface area contributed by atoms with Crippen molar-refractivity contribution in [2.24, 2.45) is 0 Å². The average Bonchev–Trinajstić information content (AvgIpc) is 2.98. The van der Waals surface area contributed by atoms with Crippen molar-refractivity contribution in [3.63, 3.8) is 0 Å². The van der Waals surface area contributed by atoms with Crippen molar-refractivity contribution < 1.29 is 19.4 Å². The number of aromatic nitrogens is 2. The number of H-pyrrole nitrogens is 1. The van der Waals surface area contributed by atoms with Crippen LogP contribution in [0.2, 0.25) is 0 Å². The van der Waals surface area contributed by atoms with Gasteiger partial charge in [-0.1, -0.05) is 0 Å². The largest absolute Gasteiger partial charge is 0.497 e. The number of carboxylic acid groups (broad SMARTS) is 1. The third kappa shape index (κ3) is 2.91. The summed E-state index contributed by atoms with van der Waals surface area (Å²) in [4.78, 5) is 30.4. The van der Waals surface area contributed by atoms with E-state index < -0.39 is 5.97 Å². The molecule has 0 aliphatic heterocycles.